The van der Waals surface area contributed by atoms with Crippen LogP contribution in [0.15, 0.2) is 28.4 Å². The first-order valence-electron chi connectivity index (χ1n) is 5.92. The molecule has 0 aromatic carbocycles. The topological polar surface area (TPSA) is 25.2 Å². The molecular formula is C13H17BrN2O. The molecule has 0 unspecified atom stereocenters. The van der Waals surface area contributed by atoms with Crippen LogP contribution in [0.1, 0.15) is 30.8 Å². The van der Waals surface area contributed by atoms with E-state index in [1.54, 1.807) is 0 Å². The summed E-state index contributed by atoms with van der Waals surface area (Å²) >= 11 is 3.42. The molecule has 0 N–H and O–H groups in total. The van der Waals surface area contributed by atoms with Gasteiger partial charge < -0.3 is 9.47 Å². The number of halogens is 1. The molecule has 0 radical (unpaired) electrons. The van der Waals surface area contributed by atoms with Gasteiger partial charge in [0.15, 0.2) is 0 Å². The number of carbonyl (C=O) groups excluding carboxylic acids is 1. The normalized spacial score (nSPS) is 15.9. The fraction of sp³-hybridized carbons (Fsp3) is 0.462. The Morgan fingerprint density at radius 2 is 2.29 bits per heavy atom. The highest BCUT2D eigenvalue weighted by Crippen LogP contribution is 2.18. The maximum atomic E-state index is 12.4. The summed E-state index contributed by atoms with van der Waals surface area (Å²) < 4.78 is 2.95. The molecule has 1 aliphatic heterocycles. The molecule has 17 heavy (non-hydrogen) atoms. The quantitative estimate of drug-likeness (QED) is 0.770. The van der Waals surface area contributed by atoms with Crippen molar-refractivity contribution in [2.24, 2.45) is 0 Å². The maximum Gasteiger partial charge on any atom is 0.270 e. The van der Waals surface area contributed by atoms with Crippen LogP contribution < -0.4 is 0 Å². The van der Waals surface area contributed by atoms with Gasteiger partial charge in [0.05, 0.1) is 0 Å². The van der Waals surface area contributed by atoms with Crippen molar-refractivity contribution in [3.8, 4) is 0 Å². The minimum absolute atomic E-state index is 0.126. The van der Waals surface area contributed by atoms with Crippen molar-refractivity contribution in [3.05, 3.63) is 34.1 Å². The number of hydrogen-bond donors (Lipinski definition) is 0. The van der Waals surface area contributed by atoms with Gasteiger partial charge in [-0.15, -0.1) is 0 Å². The molecule has 92 valence electrons. The number of amides is 1. The highest BCUT2D eigenvalue weighted by atomic mass is 79.9. The number of aromatic nitrogens is 1. The van der Waals surface area contributed by atoms with Crippen LogP contribution in [0.2, 0.25) is 0 Å². The maximum absolute atomic E-state index is 12.4. The average molecular weight is 297 g/mol. The number of aryl methyl sites for hydroxylation is 1. The van der Waals surface area contributed by atoms with E-state index in [9.17, 15) is 4.79 Å². The van der Waals surface area contributed by atoms with Gasteiger partial charge in [0.2, 0.25) is 0 Å². The van der Waals surface area contributed by atoms with Crippen LogP contribution in [0.25, 0.3) is 0 Å². The van der Waals surface area contributed by atoms with E-state index < -0.39 is 0 Å². The van der Waals surface area contributed by atoms with Gasteiger partial charge in [0.1, 0.15) is 5.69 Å². The molecule has 0 bridgehead atoms. The van der Waals surface area contributed by atoms with Gasteiger partial charge in [0, 0.05) is 30.3 Å². The Morgan fingerprint density at radius 1 is 1.53 bits per heavy atom. The van der Waals surface area contributed by atoms with Gasteiger partial charge in [-0.05, 0) is 42.3 Å². The Morgan fingerprint density at radius 3 is 2.88 bits per heavy atom. The van der Waals surface area contributed by atoms with Crippen LogP contribution >= 0.6 is 15.9 Å². The molecule has 1 aliphatic rings. The molecule has 1 aromatic heterocycles. The lowest BCUT2D eigenvalue weighted by Gasteiger charge is -2.25. The molecule has 0 aliphatic carbocycles. The summed E-state index contributed by atoms with van der Waals surface area (Å²) in [5.74, 6) is 0.126. The van der Waals surface area contributed by atoms with Crippen LogP contribution in [0, 0.1) is 0 Å². The minimum atomic E-state index is 0.126. The first-order chi connectivity index (χ1) is 8.11. The van der Waals surface area contributed by atoms with E-state index in [-0.39, 0.29) is 5.91 Å². The molecule has 1 aromatic rings. The smallest absolute Gasteiger partial charge is 0.270 e. The molecule has 2 heterocycles. The fourth-order valence-corrected chi connectivity index (χ4v) is 2.50. The molecule has 0 saturated heterocycles. The predicted molar refractivity (Wildman–Crippen MR) is 72.1 cm³/mol. The van der Waals surface area contributed by atoms with Gasteiger partial charge in [-0.1, -0.05) is 11.6 Å². The Bertz CT molecular complexity index is 462. The molecular weight excluding hydrogens is 280 g/mol. The second-order valence-corrected chi connectivity index (χ2v) is 5.30. The SMILES string of the molecule is CCn1cc(Br)cc1C(=O)N1CC=C(C)CC1. The Labute approximate surface area is 110 Å². The molecule has 0 fully saturated rings. The summed E-state index contributed by atoms with van der Waals surface area (Å²) in [7, 11) is 0. The molecule has 3 nitrogen and oxygen atoms in total. The van der Waals surface area contributed by atoms with Crippen molar-refractivity contribution in [3.63, 3.8) is 0 Å². The summed E-state index contributed by atoms with van der Waals surface area (Å²) in [5, 5.41) is 0. The van der Waals surface area contributed by atoms with Gasteiger partial charge in [0.25, 0.3) is 5.91 Å². The lowest BCUT2D eigenvalue weighted by molar-refractivity contribution is 0.0758. The van der Waals surface area contributed by atoms with E-state index in [1.807, 2.05) is 28.7 Å². The van der Waals surface area contributed by atoms with Crippen molar-refractivity contribution in [2.45, 2.75) is 26.8 Å². The second-order valence-electron chi connectivity index (χ2n) is 4.38. The highest BCUT2D eigenvalue weighted by molar-refractivity contribution is 9.10. The Balaban J connectivity index is 2.19. The molecule has 2 rings (SSSR count). The average Bonchev–Trinajstić information content (AvgIpc) is 2.70. The standard InChI is InChI=1S/C13H17BrN2O/c1-3-15-9-11(14)8-12(15)13(17)16-6-4-10(2)5-7-16/h4,8-9H,3,5-7H2,1-2H3. The van der Waals surface area contributed by atoms with Gasteiger partial charge in [-0.25, -0.2) is 0 Å². The lowest BCUT2D eigenvalue weighted by Crippen LogP contribution is -2.35. The first kappa shape index (κ1) is 12.4. The Kier molecular flexibility index (Phi) is 3.72. The highest BCUT2D eigenvalue weighted by Gasteiger charge is 2.20. The summed E-state index contributed by atoms with van der Waals surface area (Å²) in [6.07, 6.45) is 5.08. The van der Waals surface area contributed by atoms with Crippen molar-refractivity contribution in [1.29, 1.82) is 0 Å². The third kappa shape index (κ3) is 2.63. The van der Waals surface area contributed by atoms with E-state index >= 15 is 0 Å². The number of carbonyl (C=O) groups is 1. The third-order valence-electron chi connectivity index (χ3n) is 3.15. The molecule has 1 amide bonds. The summed E-state index contributed by atoms with van der Waals surface area (Å²) in [6.45, 7) is 6.54. The van der Waals surface area contributed by atoms with E-state index in [0.717, 1.165) is 36.2 Å². The van der Waals surface area contributed by atoms with E-state index in [2.05, 4.69) is 28.9 Å². The largest absolute Gasteiger partial charge is 0.343 e. The molecule has 4 heteroatoms. The summed E-state index contributed by atoms with van der Waals surface area (Å²) in [4.78, 5) is 14.3. The zero-order chi connectivity index (χ0) is 12.4. The number of hydrogen-bond acceptors (Lipinski definition) is 1. The Hall–Kier alpha value is -1.03. The van der Waals surface area contributed by atoms with Gasteiger partial charge >= 0.3 is 0 Å². The van der Waals surface area contributed by atoms with Crippen LogP contribution in [-0.4, -0.2) is 28.5 Å². The van der Waals surface area contributed by atoms with Crippen LogP contribution in [-0.2, 0) is 6.54 Å². The first-order valence-corrected chi connectivity index (χ1v) is 6.71. The number of nitrogens with zero attached hydrogens (tertiary/aromatic N) is 2. The van der Waals surface area contributed by atoms with Crippen molar-refractivity contribution >= 4 is 21.8 Å². The van der Waals surface area contributed by atoms with Crippen LogP contribution in [0.3, 0.4) is 0 Å². The van der Waals surface area contributed by atoms with E-state index in [4.69, 9.17) is 0 Å². The second kappa shape index (κ2) is 5.08. The summed E-state index contributed by atoms with van der Waals surface area (Å²) in [6, 6.07) is 1.90. The molecule has 0 atom stereocenters. The molecule has 0 spiro atoms. The van der Waals surface area contributed by atoms with E-state index in [0.29, 0.717) is 0 Å². The monoisotopic (exact) mass is 296 g/mol. The summed E-state index contributed by atoms with van der Waals surface area (Å²) in [5.41, 5.74) is 2.15. The van der Waals surface area contributed by atoms with Crippen LogP contribution in [0.4, 0.5) is 0 Å². The third-order valence-corrected chi connectivity index (χ3v) is 3.58. The lowest BCUT2D eigenvalue weighted by atomic mass is 10.1. The fourth-order valence-electron chi connectivity index (χ4n) is 2.03. The van der Waals surface area contributed by atoms with Gasteiger partial charge in [-0.3, -0.25) is 4.79 Å². The van der Waals surface area contributed by atoms with Crippen molar-refractivity contribution in [1.82, 2.24) is 9.47 Å². The van der Waals surface area contributed by atoms with Crippen molar-refractivity contribution in [2.75, 3.05) is 13.1 Å². The van der Waals surface area contributed by atoms with Crippen molar-refractivity contribution < 1.29 is 4.79 Å². The zero-order valence-electron chi connectivity index (χ0n) is 10.2. The van der Waals surface area contributed by atoms with Gasteiger partial charge in [-0.2, -0.15) is 0 Å². The minimum Gasteiger partial charge on any atom is -0.343 e. The van der Waals surface area contributed by atoms with Crippen LogP contribution in [0.5, 0.6) is 0 Å². The predicted octanol–water partition coefficient (Wildman–Crippen LogP) is 3.06. The zero-order valence-corrected chi connectivity index (χ0v) is 11.8. The van der Waals surface area contributed by atoms with E-state index in [1.165, 1.54) is 5.57 Å². The molecule has 0 saturated carbocycles. The number of rotatable bonds is 2.